The fourth-order valence-electron chi connectivity index (χ4n) is 4.61. The molecule has 0 atom stereocenters. The predicted molar refractivity (Wildman–Crippen MR) is 136 cm³/mol. The Bertz CT molecular complexity index is 1140. The summed E-state index contributed by atoms with van der Waals surface area (Å²) in [5.74, 6) is -0.572. The molecule has 2 amide bonds. The highest BCUT2D eigenvalue weighted by Crippen LogP contribution is 2.26. The number of sulfonamides is 1. The number of rotatable bonds is 6. The number of carbonyl (C=O) groups is 2. The number of anilines is 1. The van der Waals surface area contributed by atoms with E-state index in [-0.39, 0.29) is 23.5 Å². The van der Waals surface area contributed by atoms with Crippen molar-refractivity contribution in [2.45, 2.75) is 37.9 Å². The van der Waals surface area contributed by atoms with E-state index in [2.05, 4.69) is 21.2 Å². The first-order valence-corrected chi connectivity index (χ1v) is 14.1. The number of amides is 2. The SMILES string of the molecule is O=C(Nc1ccccc1C(=O)N1CCCCC1)C1CCN(S(=O)(=O)Cc2cccc(Br)c2)CC1. The van der Waals surface area contributed by atoms with Gasteiger partial charge >= 0.3 is 0 Å². The van der Waals surface area contributed by atoms with Crippen LogP contribution in [0.1, 0.15) is 48.0 Å². The molecule has 0 bridgehead atoms. The number of likely N-dealkylation sites (tertiary alicyclic amines) is 1. The highest BCUT2D eigenvalue weighted by Gasteiger charge is 2.32. The predicted octanol–water partition coefficient (Wildman–Crippen LogP) is 4.26. The van der Waals surface area contributed by atoms with Crippen molar-refractivity contribution in [3.63, 3.8) is 0 Å². The molecule has 1 N–H and O–H groups in total. The molecule has 2 aliphatic heterocycles. The van der Waals surface area contributed by atoms with Crippen LogP contribution in [0.3, 0.4) is 0 Å². The van der Waals surface area contributed by atoms with Crippen molar-refractivity contribution < 1.29 is 18.0 Å². The molecular weight excluding hydrogens is 518 g/mol. The summed E-state index contributed by atoms with van der Waals surface area (Å²) in [6, 6.07) is 14.4. The molecule has 7 nitrogen and oxygen atoms in total. The van der Waals surface area contributed by atoms with E-state index < -0.39 is 10.0 Å². The van der Waals surface area contributed by atoms with Gasteiger partial charge in [-0.15, -0.1) is 0 Å². The maximum Gasteiger partial charge on any atom is 0.255 e. The lowest BCUT2D eigenvalue weighted by molar-refractivity contribution is -0.120. The third kappa shape index (κ3) is 6.06. The number of para-hydroxylation sites is 1. The molecule has 0 radical (unpaired) electrons. The first kappa shape index (κ1) is 24.9. The van der Waals surface area contributed by atoms with Crippen molar-refractivity contribution in [3.05, 3.63) is 64.1 Å². The van der Waals surface area contributed by atoms with Gasteiger partial charge in [-0.1, -0.05) is 40.2 Å². The van der Waals surface area contributed by atoms with Crippen LogP contribution in [-0.4, -0.2) is 55.6 Å². The van der Waals surface area contributed by atoms with Crippen molar-refractivity contribution in [1.29, 1.82) is 0 Å². The number of nitrogens with zero attached hydrogens (tertiary/aromatic N) is 2. The highest BCUT2D eigenvalue weighted by molar-refractivity contribution is 9.10. The van der Waals surface area contributed by atoms with Crippen LogP contribution in [-0.2, 0) is 20.6 Å². The monoisotopic (exact) mass is 547 g/mol. The number of benzene rings is 2. The first-order valence-electron chi connectivity index (χ1n) is 11.7. The zero-order chi connectivity index (χ0) is 24.1. The lowest BCUT2D eigenvalue weighted by Gasteiger charge is -2.31. The first-order chi connectivity index (χ1) is 16.3. The van der Waals surface area contributed by atoms with E-state index in [4.69, 9.17) is 0 Å². The largest absolute Gasteiger partial charge is 0.339 e. The van der Waals surface area contributed by atoms with Crippen LogP contribution < -0.4 is 5.32 Å². The molecule has 4 rings (SSSR count). The third-order valence-electron chi connectivity index (χ3n) is 6.51. The summed E-state index contributed by atoms with van der Waals surface area (Å²) in [5.41, 5.74) is 1.75. The second-order valence-electron chi connectivity index (χ2n) is 8.95. The summed E-state index contributed by atoms with van der Waals surface area (Å²) in [4.78, 5) is 27.8. The molecule has 2 aliphatic rings. The Morgan fingerprint density at radius 2 is 1.65 bits per heavy atom. The Kier molecular flexibility index (Phi) is 8.06. The van der Waals surface area contributed by atoms with E-state index in [9.17, 15) is 18.0 Å². The van der Waals surface area contributed by atoms with Crippen LogP contribution in [0.15, 0.2) is 53.0 Å². The van der Waals surface area contributed by atoms with Crippen molar-refractivity contribution >= 4 is 43.5 Å². The van der Waals surface area contributed by atoms with E-state index >= 15 is 0 Å². The van der Waals surface area contributed by atoms with Crippen LogP contribution in [0.25, 0.3) is 0 Å². The number of carbonyl (C=O) groups excluding carboxylic acids is 2. The van der Waals surface area contributed by atoms with Crippen LogP contribution in [0.4, 0.5) is 5.69 Å². The maximum absolute atomic E-state index is 13.0. The molecule has 34 heavy (non-hydrogen) atoms. The minimum absolute atomic E-state index is 0.0518. The Hall–Kier alpha value is -2.23. The zero-order valence-electron chi connectivity index (χ0n) is 19.1. The van der Waals surface area contributed by atoms with Gasteiger partial charge in [-0.25, -0.2) is 12.7 Å². The molecule has 182 valence electrons. The maximum atomic E-state index is 13.0. The molecule has 0 aliphatic carbocycles. The van der Waals surface area contributed by atoms with E-state index in [0.29, 0.717) is 37.2 Å². The second-order valence-corrected chi connectivity index (χ2v) is 11.8. The van der Waals surface area contributed by atoms with Crippen molar-refractivity contribution in [2.24, 2.45) is 5.92 Å². The van der Waals surface area contributed by atoms with Gasteiger partial charge in [0.1, 0.15) is 0 Å². The van der Waals surface area contributed by atoms with E-state index in [1.54, 1.807) is 30.3 Å². The molecule has 0 aromatic heterocycles. The molecule has 2 heterocycles. The summed E-state index contributed by atoms with van der Waals surface area (Å²) in [6.07, 6.45) is 4.05. The summed E-state index contributed by atoms with van der Waals surface area (Å²) in [7, 11) is -3.46. The molecule has 9 heteroatoms. The van der Waals surface area contributed by atoms with Crippen LogP contribution in [0, 0.1) is 5.92 Å². The minimum atomic E-state index is -3.46. The van der Waals surface area contributed by atoms with Gasteiger partial charge in [0.05, 0.1) is 17.0 Å². The van der Waals surface area contributed by atoms with Crippen molar-refractivity contribution in [1.82, 2.24) is 9.21 Å². The Balaban J connectivity index is 1.36. The minimum Gasteiger partial charge on any atom is -0.339 e. The van der Waals surface area contributed by atoms with E-state index in [1.807, 2.05) is 23.1 Å². The zero-order valence-corrected chi connectivity index (χ0v) is 21.5. The molecular formula is C25H30BrN3O4S. The molecule has 0 saturated carbocycles. The summed E-state index contributed by atoms with van der Waals surface area (Å²) in [6.45, 7) is 2.10. The summed E-state index contributed by atoms with van der Waals surface area (Å²) in [5, 5.41) is 2.94. The number of hydrogen-bond acceptors (Lipinski definition) is 4. The fourth-order valence-corrected chi connectivity index (χ4v) is 6.60. The molecule has 0 spiro atoms. The lowest BCUT2D eigenvalue weighted by atomic mass is 9.97. The van der Waals surface area contributed by atoms with Gasteiger partial charge in [-0.2, -0.15) is 0 Å². The number of hydrogen-bond donors (Lipinski definition) is 1. The molecule has 0 unspecified atom stereocenters. The van der Waals surface area contributed by atoms with Gasteiger partial charge in [0.2, 0.25) is 15.9 Å². The second kappa shape index (κ2) is 11.0. The van der Waals surface area contributed by atoms with E-state index in [0.717, 1.165) is 42.4 Å². The van der Waals surface area contributed by atoms with Gasteiger partial charge in [-0.3, -0.25) is 9.59 Å². The van der Waals surface area contributed by atoms with Gasteiger partial charge < -0.3 is 10.2 Å². The molecule has 2 saturated heterocycles. The summed E-state index contributed by atoms with van der Waals surface area (Å²) >= 11 is 3.38. The topological polar surface area (TPSA) is 86.8 Å². The Morgan fingerprint density at radius 3 is 2.35 bits per heavy atom. The third-order valence-corrected chi connectivity index (χ3v) is 8.86. The highest BCUT2D eigenvalue weighted by atomic mass is 79.9. The van der Waals surface area contributed by atoms with Crippen LogP contribution >= 0.6 is 15.9 Å². The average Bonchev–Trinajstić information content (AvgIpc) is 2.84. The average molecular weight is 549 g/mol. The summed E-state index contributed by atoms with van der Waals surface area (Å²) < 4.78 is 28.1. The van der Waals surface area contributed by atoms with Gasteiger partial charge in [0, 0.05) is 36.6 Å². The number of nitrogens with one attached hydrogen (secondary N) is 1. The van der Waals surface area contributed by atoms with Gasteiger partial charge in [0.25, 0.3) is 5.91 Å². The number of piperidine rings is 2. The smallest absolute Gasteiger partial charge is 0.255 e. The lowest BCUT2D eigenvalue weighted by Crippen LogP contribution is -2.42. The van der Waals surface area contributed by atoms with Gasteiger partial charge in [0.15, 0.2) is 0 Å². The van der Waals surface area contributed by atoms with Gasteiger partial charge in [-0.05, 0) is 61.9 Å². The number of halogens is 1. The Labute approximate surface area is 209 Å². The van der Waals surface area contributed by atoms with Crippen LogP contribution in [0.5, 0.6) is 0 Å². The molecule has 2 aromatic carbocycles. The van der Waals surface area contributed by atoms with Crippen molar-refractivity contribution in [3.8, 4) is 0 Å². The quantitative estimate of drug-likeness (QED) is 0.585. The standard InChI is InChI=1S/C25H30BrN3O4S/c26-21-8-6-7-19(17-21)18-34(32,33)29-15-11-20(12-16-29)24(30)27-23-10-3-2-9-22(23)25(31)28-13-4-1-5-14-28/h2-3,6-10,17,20H,1,4-5,11-16,18H2,(H,27,30). The fraction of sp³-hybridized carbons (Fsp3) is 0.440. The van der Waals surface area contributed by atoms with Crippen LogP contribution in [0.2, 0.25) is 0 Å². The normalized spacial score (nSPS) is 18.0. The molecule has 2 fully saturated rings. The van der Waals surface area contributed by atoms with Crippen molar-refractivity contribution in [2.75, 3.05) is 31.5 Å². The Morgan fingerprint density at radius 1 is 0.941 bits per heavy atom. The van der Waals surface area contributed by atoms with E-state index in [1.165, 1.54) is 4.31 Å². The molecule has 2 aromatic rings.